The fourth-order valence-electron chi connectivity index (χ4n) is 1.45. The van der Waals surface area contributed by atoms with Gasteiger partial charge in [0.2, 0.25) is 0 Å². The van der Waals surface area contributed by atoms with E-state index in [1.165, 1.54) is 25.1 Å². The molecule has 8 nitrogen and oxygen atoms in total. The topological polar surface area (TPSA) is 111 Å². The molecule has 22 heavy (non-hydrogen) atoms. The van der Waals surface area contributed by atoms with Gasteiger partial charge >= 0.3 is 17.7 Å². The Labute approximate surface area is 128 Å². The predicted octanol–water partition coefficient (Wildman–Crippen LogP) is 0.490. The zero-order valence-corrected chi connectivity index (χ0v) is 12.9. The standard InChI is InChI=1S/C14H19N3O5/c1-9(11(18)15-13(20)16-14(2,3)4)22-12(19)10-7-5-6-8-17(10)21/h5-9H,1-4H3,(H2,15,16,18,20)/t9-/m1/s1. The number of hydrogen-bond acceptors (Lipinski definition) is 5. The molecule has 0 aromatic carbocycles. The van der Waals surface area contributed by atoms with Crippen LogP contribution in [0.2, 0.25) is 0 Å². The normalized spacial score (nSPS) is 12.2. The minimum Gasteiger partial charge on any atom is -0.618 e. The molecule has 1 heterocycles. The quantitative estimate of drug-likeness (QED) is 0.479. The summed E-state index contributed by atoms with van der Waals surface area (Å²) in [5.41, 5.74) is -0.760. The highest BCUT2D eigenvalue weighted by Gasteiger charge is 2.25. The van der Waals surface area contributed by atoms with E-state index in [2.05, 4.69) is 10.6 Å². The van der Waals surface area contributed by atoms with Gasteiger partial charge in [-0.1, -0.05) is 0 Å². The van der Waals surface area contributed by atoms with E-state index in [0.29, 0.717) is 4.73 Å². The Morgan fingerprint density at radius 3 is 2.45 bits per heavy atom. The summed E-state index contributed by atoms with van der Waals surface area (Å²) in [6, 6.07) is 3.52. The van der Waals surface area contributed by atoms with Crippen molar-refractivity contribution in [2.24, 2.45) is 0 Å². The highest BCUT2D eigenvalue weighted by Crippen LogP contribution is 2.01. The minimum atomic E-state index is -1.22. The van der Waals surface area contributed by atoms with Gasteiger partial charge in [-0.2, -0.15) is 4.73 Å². The number of pyridine rings is 1. The molecular weight excluding hydrogens is 290 g/mol. The number of imide groups is 1. The number of rotatable bonds is 3. The van der Waals surface area contributed by atoms with Crippen LogP contribution in [0.5, 0.6) is 0 Å². The van der Waals surface area contributed by atoms with Gasteiger partial charge in [0.15, 0.2) is 12.3 Å². The Hall–Kier alpha value is -2.64. The van der Waals surface area contributed by atoms with Crippen molar-refractivity contribution in [1.29, 1.82) is 0 Å². The number of aromatic nitrogens is 1. The minimum absolute atomic E-state index is 0.249. The maximum atomic E-state index is 11.8. The maximum Gasteiger partial charge on any atom is 0.405 e. The first kappa shape index (κ1) is 17.4. The number of amides is 3. The molecule has 0 aliphatic heterocycles. The summed E-state index contributed by atoms with van der Waals surface area (Å²) in [5.74, 6) is -1.74. The van der Waals surface area contributed by atoms with Crippen molar-refractivity contribution in [2.45, 2.75) is 39.3 Å². The van der Waals surface area contributed by atoms with E-state index in [1.807, 2.05) is 0 Å². The molecule has 0 bridgehead atoms. The van der Waals surface area contributed by atoms with Gasteiger partial charge in [-0.25, -0.2) is 9.59 Å². The molecule has 8 heteroatoms. The second kappa shape index (κ2) is 6.88. The fraction of sp³-hybridized carbons (Fsp3) is 0.429. The molecule has 0 fully saturated rings. The van der Waals surface area contributed by atoms with Gasteiger partial charge in [0.25, 0.3) is 5.91 Å². The van der Waals surface area contributed by atoms with Gasteiger partial charge in [0.05, 0.1) is 0 Å². The number of ether oxygens (including phenoxy) is 1. The number of nitrogens with zero attached hydrogens (tertiary/aromatic N) is 1. The van der Waals surface area contributed by atoms with Gasteiger partial charge in [-0.05, 0) is 33.8 Å². The Morgan fingerprint density at radius 1 is 1.27 bits per heavy atom. The van der Waals surface area contributed by atoms with Crippen LogP contribution in [-0.2, 0) is 9.53 Å². The molecule has 1 aromatic rings. The second-order valence-corrected chi connectivity index (χ2v) is 5.65. The Morgan fingerprint density at radius 2 is 1.91 bits per heavy atom. The van der Waals surface area contributed by atoms with Crippen LogP contribution in [-0.4, -0.2) is 29.6 Å². The highest BCUT2D eigenvalue weighted by atomic mass is 16.6. The van der Waals surface area contributed by atoms with E-state index in [-0.39, 0.29) is 5.69 Å². The van der Waals surface area contributed by atoms with E-state index in [1.54, 1.807) is 20.8 Å². The van der Waals surface area contributed by atoms with E-state index >= 15 is 0 Å². The molecule has 0 saturated heterocycles. The number of hydrogen-bond donors (Lipinski definition) is 2. The molecule has 0 aliphatic carbocycles. The van der Waals surface area contributed by atoms with Crippen molar-refractivity contribution in [3.63, 3.8) is 0 Å². The third-order valence-corrected chi connectivity index (χ3v) is 2.41. The van der Waals surface area contributed by atoms with E-state index in [4.69, 9.17) is 4.74 Å². The van der Waals surface area contributed by atoms with Crippen molar-refractivity contribution in [3.8, 4) is 0 Å². The third-order valence-electron chi connectivity index (χ3n) is 2.41. The van der Waals surface area contributed by atoms with Crippen LogP contribution < -0.4 is 15.4 Å². The van der Waals surface area contributed by atoms with Crippen molar-refractivity contribution >= 4 is 17.9 Å². The van der Waals surface area contributed by atoms with E-state index < -0.39 is 29.6 Å². The summed E-state index contributed by atoms with van der Waals surface area (Å²) in [6.07, 6.45) is -0.0867. The van der Waals surface area contributed by atoms with Crippen molar-refractivity contribution in [3.05, 3.63) is 35.3 Å². The number of nitrogens with one attached hydrogen (secondary N) is 2. The molecule has 0 unspecified atom stereocenters. The summed E-state index contributed by atoms with van der Waals surface area (Å²) < 4.78 is 5.19. The van der Waals surface area contributed by atoms with E-state index in [0.717, 1.165) is 6.20 Å². The molecular formula is C14H19N3O5. The number of carbonyl (C=O) groups excluding carboxylic acids is 3. The molecule has 120 valence electrons. The van der Waals surface area contributed by atoms with E-state index in [9.17, 15) is 19.6 Å². The Balaban J connectivity index is 2.60. The molecule has 0 saturated carbocycles. The zero-order chi connectivity index (χ0) is 16.9. The average Bonchev–Trinajstić information content (AvgIpc) is 2.36. The van der Waals surface area contributed by atoms with Crippen LogP contribution in [0.1, 0.15) is 38.2 Å². The molecule has 0 aliphatic rings. The van der Waals surface area contributed by atoms with Crippen LogP contribution in [0.15, 0.2) is 24.4 Å². The van der Waals surface area contributed by atoms with Crippen molar-refractivity contribution < 1.29 is 23.9 Å². The first-order valence-corrected chi connectivity index (χ1v) is 6.62. The number of esters is 1. The summed E-state index contributed by atoms with van der Waals surface area (Å²) in [6.45, 7) is 6.56. The van der Waals surface area contributed by atoms with Gasteiger partial charge in [-0.15, -0.1) is 0 Å². The third kappa shape index (κ3) is 5.39. The molecule has 1 aromatic heterocycles. The monoisotopic (exact) mass is 309 g/mol. The first-order chi connectivity index (χ1) is 10.1. The smallest absolute Gasteiger partial charge is 0.405 e. The first-order valence-electron chi connectivity index (χ1n) is 6.62. The summed E-state index contributed by atoms with van der Waals surface area (Å²) in [5, 5.41) is 16.0. The van der Waals surface area contributed by atoms with Crippen LogP contribution in [0.4, 0.5) is 4.79 Å². The lowest BCUT2D eigenvalue weighted by molar-refractivity contribution is -0.608. The SMILES string of the molecule is C[C@@H](OC(=O)c1cccc[n+]1[O-])C(=O)NC(=O)NC(C)(C)C. The summed E-state index contributed by atoms with van der Waals surface area (Å²) in [7, 11) is 0. The fourth-order valence-corrected chi connectivity index (χ4v) is 1.45. The average molecular weight is 309 g/mol. The second-order valence-electron chi connectivity index (χ2n) is 5.65. The van der Waals surface area contributed by atoms with Gasteiger partial charge in [-0.3, -0.25) is 10.1 Å². The molecule has 3 amide bonds. The molecule has 1 atom stereocenters. The van der Waals surface area contributed by atoms with Crippen molar-refractivity contribution in [2.75, 3.05) is 0 Å². The molecule has 2 N–H and O–H groups in total. The van der Waals surface area contributed by atoms with Gasteiger partial charge in [0, 0.05) is 17.7 Å². The lowest BCUT2D eigenvalue weighted by Gasteiger charge is -2.21. The lowest BCUT2D eigenvalue weighted by Crippen LogP contribution is -2.50. The predicted molar refractivity (Wildman–Crippen MR) is 76.7 cm³/mol. The van der Waals surface area contributed by atoms with Crippen LogP contribution in [0.25, 0.3) is 0 Å². The Bertz CT molecular complexity index is 580. The number of carbonyl (C=O) groups is 3. The lowest BCUT2D eigenvalue weighted by atomic mass is 10.1. The maximum absolute atomic E-state index is 11.8. The largest absolute Gasteiger partial charge is 0.618 e. The van der Waals surface area contributed by atoms with Gasteiger partial charge in [0.1, 0.15) is 0 Å². The molecule has 1 rings (SSSR count). The molecule has 0 radical (unpaired) electrons. The summed E-state index contributed by atoms with van der Waals surface area (Å²) in [4.78, 5) is 35.1. The van der Waals surface area contributed by atoms with Crippen molar-refractivity contribution in [1.82, 2.24) is 10.6 Å². The van der Waals surface area contributed by atoms with Gasteiger partial charge < -0.3 is 15.3 Å². The van der Waals surface area contributed by atoms with Crippen LogP contribution in [0.3, 0.4) is 0 Å². The number of urea groups is 1. The highest BCUT2D eigenvalue weighted by molar-refractivity contribution is 5.98. The molecule has 0 spiro atoms. The van der Waals surface area contributed by atoms with Crippen LogP contribution in [0, 0.1) is 5.21 Å². The Kier molecular flexibility index (Phi) is 5.44. The summed E-state index contributed by atoms with van der Waals surface area (Å²) >= 11 is 0. The van der Waals surface area contributed by atoms with Crippen LogP contribution >= 0.6 is 0 Å². The zero-order valence-electron chi connectivity index (χ0n) is 12.9.